The molecule has 0 saturated carbocycles. The topological polar surface area (TPSA) is 34.4 Å². The minimum absolute atomic E-state index is 0.437. The average molecular weight is 188 g/mol. The quantitative estimate of drug-likeness (QED) is 0.673. The van der Waals surface area contributed by atoms with Gasteiger partial charge in [0.05, 0.1) is 0 Å². The van der Waals surface area contributed by atoms with Gasteiger partial charge in [0, 0.05) is 24.0 Å². The second-order valence-electron chi connectivity index (χ2n) is 3.95. The first-order valence-corrected chi connectivity index (χ1v) is 4.53. The lowest BCUT2D eigenvalue weighted by atomic mass is 9.87. The van der Waals surface area contributed by atoms with Crippen LogP contribution in [0.3, 0.4) is 0 Å². The molecule has 0 bridgehead atoms. The van der Waals surface area contributed by atoms with Crippen molar-refractivity contribution in [2.45, 2.75) is 19.3 Å². The predicted octanol–water partition coefficient (Wildman–Crippen LogP) is 1.81. The van der Waals surface area contributed by atoms with Crippen molar-refractivity contribution in [1.29, 1.82) is 0 Å². The fraction of sp³-hybridized carbons (Fsp3) is 0.273. The molecule has 3 heteroatoms. The van der Waals surface area contributed by atoms with Crippen LogP contribution >= 0.6 is 0 Å². The van der Waals surface area contributed by atoms with E-state index in [2.05, 4.69) is 4.98 Å². The summed E-state index contributed by atoms with van der Waals surface area (Å²) in [6.45, 7) is 3.80. The average Bonchev–Trinajstić information content (AvgIpc) is 2.64. The summed E-state index contributed by atoms with van der Waals surface area (Å²) >= 11 is 0. The van der Waals surface area contributed by atoms with Crippen LogP contribution in [0, 0.1) is 0 Å². The van der Waals surface area contributed by atoms with Gasteiger partial charge in [0.25, 0.3) is 0 Å². The van der Waals surface area contributed by atoms with E-state index in [4.69, 9.17) is 0 Å². The summed E-state index contributed by atoms with van der Waals surface area (Å²) in [5, 5.41) is 0. The van der Waals surface area contributed by atoms with Gasteiger partial charge in [0.1, 0.15) is 11.9 Å². The van der Waals surface area contributed by atoms with E-state index in [0.29, 0.717) is 0 Å². The normalized spacial score (nSPS) is 11.9. The highest BCUT2D eigenvalue weighted by Crippen LogP contribution is 2.21. The zero-order valence-corrected chi connectivity index (χ0v) is 8.27. The number of carbonyl (C=O) groups excluding carboxylic acids is 1. The predicted molar refractivity (Wildman–Crippen MR) is 54.3 cm³/mol. The van der Waals surface area contributed by atoms with E-state index in [1.54, 1.807) is 6.20 Å². The first-order chi connectivity index (χ1) is 6.63. The number of aldehydes is 1. The summed E-state index contributed by atoms with van der Waals surface area (Å²) in [5.41, 5.74) is 1.43. The van der Waals surface area contributed by atoms with Gasteiger partial charge in [-0.05, 0) is 31.5 Å². The molecular weight excluding hydrogens is 176 g/mol. The number of hydrogen-bond donors (Lipinski definition) is 0. The maximum atomic E-state index is 10.9. The number of fused-ring (bicyclic) bond motifs is 1. The highest BCUT2D eigenvalue weighted by atomic mass is 16.1. The Labute approximate surface area is 82.4 Å². The smallest absolute Gasteiger partial charge is 0.136 e. The second kappa shape index (κ2) is 2.94. The van der Waals surface area contributed by atoms with Gasteiger partial charge < -0.3 is 9.20 Å². The van der Waals surface area contributed by atoms with E-state index in [1.807, 2.05) is 42.8 Å². The summed E-state index contributed by atoms with van der Waals surface area (Å²) < 4.78 is 1.92. The lowest BCUT2D eigenvalue weighted by Crippen LogP contribution is -2.18. The lowest BCUT2D eigenvalue weighted by molar-refractivity contribution is -0.111. The van der Waals surface area contributed by atoms with E-state index in [1.165, 1.54) is 0 Å². The monoisotopic (exact) mass is 188 g/mol. The van der Waals surface area contributed by atoms with Crippen molar-refractivity contribution in [3.8, 4) is 0 Å². The van der Waals surface area contributed by atoms with Crippen molar-refractivity contribution in [2.75, 3.05) is 0 Å². The molecule has 0 aromatic carbocycles. The van der Waals surface area contributed by atoms with Crippen LogP contribution in [0.1, 0.15) is 19.4 Å². The Hall–Kier alpha value is -1.64. The van der Waals surface area contributed by atoms with Crippen LogP contribution in [0.15, 0.2) is 30.7 Å². The number of imidazole rings is 1. The van der Waals surface area contributed by atoms with Crippen molar-refractivity contribution in [3.63, 3.8) is 0 Å². The third-order valence-electron chi connectivity index (χ3n) is 2.44. The molecule has 0 saturated heterocycles. The maximum Gasteiger partial charge on any atom is 0.136 e. The summed E-state index contributed by atoms with van der Waals surface area (Å²) in [6.07, 6.45) is 6.50. The molecule has 0 N–H and O–H groups in total. The van der Waals surface area contributed by atoms with Crippen LogP contribution in [0.25, 0.3) is 5.65 Å². The lowest BCUT2D eigenvalue weighted by Gasteiger charge is -2.16. The summed E-state index contributed by atoms with van der Waals surface area (Å²) in [7, 11) is 0. The molecule has 2 rings (SSSR count). The molecule has 0 aliphatic heterocycles. The fourth-order valence-corrected chi connectivity index (χ4v) is 1.38. The Bertz CT molecular complexity index is 471. The van der Waals surface area contributed by atoms with E-state index in [0.717, 1.165) is 17.5 Å². The molecule has 0 aliphatic rings. The number of rotatable bonds is 2. The standard InChI is InChI=1S/C11H12N2O/c1-11(2,8-14)9-3-5-13-6-4-12-10(13)7-9/h3-8H,1-2H3. The number of nitrogens with zero attached hydrogens (tertiary/aromatic N) is 2. The molecule has 0 radical (unpaired) electrons. The fourth-order valence-electron chi connectivity index (χ4n) is 1.38. The van der Waals surface area contributed by atoms with Crippen LogP contribution in [-0.4, -0.2) is 15.7 Å². The van der Waals surface area contributed by atoms with E-state index in [9.17, 15) is 4.79 Å². The van der Waals surface area contributed by atoms with Gasteiger partial charge in [-0.3, -0.25) is 0 Å². The Morgan fingerprint density at radius 3 is 2.93 bits per heavy atom. The number of aromatic nitrogens is 2. The second-order valence-corrected chi connectivity index (χ2v) is 3.95. The molecule has 0 atom stereocenters. The summed E-state index contributed by atoms with van der Waals surface area (Å²) in [6, 6.07) is 3.89. The molecule has 72 valence electrons. The third kappa shape index (κ3) is 1.31. The Morgan fingerprint density at radius 1 is 1.43 bits per heavy atom. The Kier molecular flexibility index (Phi) is 1.88. The van der Waals surface area contributed by atoms with E-state index < -0.39 is 5.41 Å². The summed E-state index contributed by atoms with van der Waals surface area (Å²) in [5.74, 6) is 0. The summed E-state index contributed by atoms with van der Waals surface area (Å²) in [4.78, 5) is 15.0. The zero-order chi connectivity index (χ0) is 10.2. The number of pyridine rings is 1. The van der Waals surface area contributed by atoms with Crippen molar-refractivity contribution in [1.82, 2.24) is 9.38 Å². The molecular formula is C11H12N2O. The van der Waals surface area contributed by atoms with E-state index >= 15 is 0 Å². The molecule has 2 heterocycles. The van der Waals surface area contributed by atoms with Gasteiger partial charge in [-0.2, -0.15) is 0 Å². The van der Waals surface area contributed by atoms with E-state index in [-0.39, 0.29) is 0 Å². The minimum Gasteiger partial charge on any atom is -0.307 e. The molecule has 3 nitrogen and oxygen atoms in total. The van der Waals surface area contributed by atoms with Crippen LogP contribution in [-0.2, 0) is 10.2 Å². The molecule has 0 spiro atoms. The Balaban J connectivity index is 2.59. The largest absolute Gasteiger partial charge is 0.307 e. The molecule has 14 heavy (non-hydrogen) atoms. The van der Waals surface area contributed by atoms with Crippen molar-refractivity contribution in [3.05, 3.63) is 36.3 Å². The molecule has 0 fully saturated rings. The molecule has 0 unspecified atom stereocenters. The minimum atomic E-state index is -0.437. The van der Waals surface area contributed by atoms with Gasteiger partial charge in [-0.1, -0.05) is 0 Å². The molecule has 0 aliphatic carbocycles. The van der Waals surface area contributed by atoms with Gasteiger partial charge in [-0.15, -0.1) is 0 Å². The van der Waals surface area contributed by atoms with Gasteiger partial charge in [-0.25, -0.2) is 4.98 Å². The van der Waals surface area contributed by atoms with Crippen molar-refractivity contribution >= 4 is 11.9 Å². The zero-order valence-electron chi connectivity index (χ0n) is 8.27. The van der Waals surface area contributed by atoms with Crippen LogP contribution < -0.4 is 0 Å². The first kappa shape index (κ1) is 8.94. The third-order valence-corrected chi connectivity index (χ3v) is 2.44. The highest BCUT2D eigenvalue weighted by Gasteiger charge is 2.19. The van der Waals surface area contributed by atoms with Crippen LogP contribution in [0.2, 0.25) is 0 Å². The first-order valence-electron chi connectivity index (χ1n) is 4.53. The number of hydrogen-bond acceptors (Lipinski definition) is 2. The van der Waals surface area contributed by atoms with Crippen LogP contribution in [0.4, 0.5) is 0 Å². The SMILES string of the molecule is CC(C)(C=O)c1ccn2ccnc2c1. The van der Waals surface area contributed by atoms with Gasteiger partial charge in [0.15, 0.2) is 0 Å². The highest BCUT2D eigenvalue weighted by molar-refractivity contribution is 5.68. The molecule has 0 amide bonds. The number of carbonyl (C=O) groups is 1. The van der Waals surface area contributed by atoms with Crippen LogP contribution in [0.5, 0.6) is 0 Å². The maximum absolute atomic E-state index is 10.9. The molecule has 2 aromatic rings. The van der Waals surface area contributed by atoms with Gasteiger partial charge in [0.2, 0.25) is 0 Å². The van der Waals surface area contributed by atoms with Crippen molar-refractivity contribution < 1.29 is 4.79 Å². The molecule has 2 aromatic heterocycles. The Morgan fingerprint density at radius 2 is 2.21 bits per heavy atom. The van der Waals surface area contributed by atoms with Gasteiger partial charge >= 0.3 is 0 Å². The van der Waals surface area contributed by atoms with Crippen molar-refractivity contribution in [2.24, 2.45) is 0 Å².